The van der Waals surface area contributed by atoms with E-state index in [4.69, 9.17) is 5.73 Å². The highest BCUT2D eigenvalue weighted by Gasteiger charge is 2.14. The molecule has 86 valence electrons. The van der Waals surface area contributed by atoms with E-state index in [-0.39, 0.29) is 12.0 Å². The highest BCUT2D eigenvalue weighted by molar-refractivity contribution is 5.87. The van der Waals surface area contributed by atoms with Gasteiger partial charge in [0.05, 0.1) is 13.2 Å². The lowest BCUT2D eigenvalue weighted by molar-refractivity contribution is -0.136. The Morgan fingerprint density at radius 2 is 2.31 bits per heavy atom. The van der Waals surface area contributed by atoms with E-state index in [9.17, 15) is 9.90 Å². The number of nitrogen functional groups attached to an aromatic ring is 1. The molecule has 1 atom stereocenters. The quantitative estimate of drug-likeness (QED) is 0.458. The summed E-state index contributed by atoms with van der Waals surface area (Å²) in [4.78, 5) is 11.1. The first-order valence-corrected chi connectivity index (χ1v) is 4.84. The maximum absolute atomic E-state index is 11.1. The van der Waals surface area contributed by atoms with Gasteiger partial charge in [-0.25, -0.2) is 4.79 Å². The van der Waals surface area contributed by atoms with E-state index in [2.05, 4.69) is 11.3 Å². The van der Waals surface area contributed by atoms with Crippen molar-refractivity contribution < 1.29 is 14.6 Å². The van der Waals surface area contributed by atoms with Crippen LogP contribution in [0.4, 0.5) is 5.69 Å². The Balaban J connectivity index is 2.69. The zero-order valence-corrected chi connectivity index (χ0v) is 9.14. The van der Waals surface area contributed by atoms with Crippen LogP contribution in [0.25, 0.3) is 0 Å². The molecule has 0 fully saturated rings. The molecule has 4 heteroatoms. The van der Waals surface area contributed by atoms with Crippen LogP contribution in [-0.2, 0) is 9.53 Å². The molecule has 0 heterocycles. The Morgan fingerprint density at radius 1 is 1.62 bits per heavy atom. The summed E-state index contributed by atoms with van der Waals surface area (Å²) in [6, 6.07) is 6.88. The van der Waals surface area contributed by atoms with Crippen LogP contribution in [-0.4, -0.2) is 18.2 Å². The van der Waals surface area contributed by atoms with Gasteiger partial charge in [-0.3, -0.25) is 0 Å². The van der Waals surface area contributed by atoms with Gasteiger partial charge in [-0.2, -0.15) is 0 Å². The number of carbonyl (C=O) groups is 1. The predicted octanol–water partition coefficient (Wildman–Crippen LogP) is 1.42. The molecule has 4 nitrogen and oxygen atoms in total. The predicted molar refractivity (Wildman–Crippen MR) is 61.6 cm³/mol. The summed E-state index contributed by atoms with van der Waals surface area (Å²) in [7, 11) is 1.28. The number of benzene rings is 1. The van der Waals surface area contributed by atoms with Crippen LogP contribution in [0.5, 0.6) is 0 Å². The fourth-order valence-corrected chi connectivity index (χ4v) is 1.35. The number of esters is 1. The lowest BCUT2D eigenvalue weighted by atomic mass is 10.0. The Morgan fingerprint density at radius 3 is 2.88 bits per heavy atom. The molecule has 0 spiro atoms. The van der Waals surface area contributed by atoms with Crippen LogP contribution >= 0.6 is 0 Å². The number of anilines is 1. The van der Waals surface area contributed by atoms with Crippen LogP contribution in [0.2, 0.25) is 0 Å². The monoisotopic (exact) mass is 221 g/mol. The van der Waals surface area contributed by atoms with E-state index in [0.29, 0.717) is 11.3 Å². The number of hydrogen-bond acceptors (Lipinski definition) is 4. The van der Waals surface area contributed by atoms with E-state index in [1.165, 1.54) is 7.11 Å². The van der Waals surface area contributed by atoms with Gasteiger partial charge in [0.2, 0.25) is 0 Å². The van der Waals surface area contributed by atoms with Crippen LogP contribution in [0.1, 0.15) is 18.1 Å². The van der Waals surface area contributed by atoms with Gasteiger partial charge in [0, 0.05) is 17.7 Å². The second kappa shape index (κ2) is 5.32. The summed E-state index contributed by atoms with van der Waals surface area (Å²) in [5.74, 6) is -0.511. The molecule has 0 amide bonds. The van der Waals surface area contributed by atoms with E-state index in [1.807, 2.05) is 0 Å². The van der Waals surface area contributed by atoms with Crippen LogP contribution in [0, 0.1) is 0 Å². The van der Waals surface area contributed by atoms with Gasteiger partial charge in [0.25, 0.3) is 0 Å². The maximum atomic E-state index is 11.1. The molecular weight excluding hydrogens is 206 g/mol. The molecular formula is C12H15NO3. The minimum atomic E-state index is -0.796. The average molecular weight is 221 g/mol. The molecule has 0 aliphatic carbocycles. The summed E-state index contributed by atoms with van der Waals surface area (Å²) < 4.78 is 4.50. The molecule has 1 aromatic carbocycles. The molecule has 0 saturated heterocycles. The van der Waals surface area contributed by atoms with Gasteiger partial charge in [0.15, 0.2) is 0 Å². The smallest absolute Gasteiger partial charge is 0.333 e. The van der Waals surface area contributed by atoms with Gasteiger partial charge in [-0.05, 0) is 17.7 Å². The van der Waals surface area contributed by atoms with Gasteiger partial charge in [-0.1, -0.05) is 18.7 Å². The Hall–Kier alpha value is -1.81. The molecule has 1 aromatic rings. The second-order valence-electron chi connectivity index (χ2n) is 3.49. The van der Waals surface area contributed by atoms with Crippen molar-refractivity contribution >= 4 is 11.7 Å². The van der Waals surface area contributed by atoms with Crippen LogP contribution in [0.3, 0.4) is 0 Å². The fraction of sp³-hybridized carbons (Fsp3) is 0.250. The third-order valence-electron chi connectivity index (χ3n) is 2.21. The van der Waals surface area contributed by atoms with Crippen molar-refractivity contribution in [3.05, 3.63) is 42.0 Å². The van der Waals surface area contributed by atoms with Crippen molar-refractivity contribution in [2.24, 2.45) is 0 Å². The van der Waals surface area contributed by atoms with Gasteiger partial charge < -0.3 is 15.6 Å². The molecule has 0 aliphatic rings. The highest BCUT2D eigenvalue weighted by Crippen LogP contribution is 2.22. The molecule has 0 radical (unpaired) electrons. The van der Waals surface area contributed by atoms with E-state index >= 15 is 0 Å². The molecule has 0 saturated carbocycles. The fourth-order valence-electron chi connectivity index (χ4n) is 1.35. The molecule has 0 bridgehead atoms. The lowest BCUT2D eigenvalue weighted by Crippen LogP contribution is -2.08. The lowest BCUT2D eigenvalue weighted by Gasteiger charge is -2.12. The van der Waals surface area contributed by atoms with Gasteiger partial charge in [-0.15, -0.1) is 0 Å². The number of hydrogen-bond donors (Lipinski definition) is 2. The minimum Gasteiger partial charge on any atom is -0.466 e. The third kappa shape index (κ3) is 3.10. The molecule has 0 aliphatic heterocycles. The molecule has 3 N–H and O–H groups in total. The summed E-state index contributed by atoms with van der Waals surface area (Å²) in [5, 5.41) is 9.84. The summed E-state index contributed by atoms with van der Waals surface area (Å²) in [5.41, 5.74) is 7.05. The van der Waals surface area contributed by atoms with Crippen LogP contribution in [0.15, 0.2) is 36.4 Å². The summed E-state index contributed by atoms with van der Waals surface area (Å²) in [6.07, 6.45) is -0.661. The average Bonchev–Trinajstić information content (AvgIpc) is 2.27. The molecule has 0 aromatic heterocycles. The first-order valence-electron chi connectivity index (χ1n) is 4.84. The number of aliphatic hydroxyl groups is 1. The van der Waals surface area contributed by atoms with Gasteiger partial charge >= 0.3 is 5.97 Å². The zero-order chi connectivity index (χ0) is 12.1. The first-order chi connectivity index (χ1) is 7.54. The third-order valence-corrected chi connectivity index (χ3v) is 2.21. The topological polar surface area (TPSA) is 72.5 Å². The standard InChI is InChI=1S/C12H15NO3/c1-8(12(15)16-2)6-11(14)9-4-3-5-10(13)7-9/h3-5,7,11,14H,1,6,13H2,2H3. The number of methoxy groups -OCH3 is 1. The second-order valence-corrected chi connectivity index (χ2v) is 3.49. The normalized spacial score (nSPS) is 11.9. The largest absolute Gasteiger partial charge is 0.466 e. The zero-order valence-electron chi connectivity index (χ0n) is 9.14. The summed E-state index contributed by atoms with van der Waals surface area (Å²) in [6.45, 7) is 3.55. The SMILES string of the molecule is C=C(CC(O)c1cccc(N)c1)C(=O)OC. The van der Waals surface area contributed by atoms with Crippen LogP contribution < -0.4 is 5.73 Å². The van der Waals surface area contributed by atoms with E-state index < -0.39 is 12.1 Å². The minimum absolute atomic E-state index is 0.135. The Kier molecular flexibility index (Phi) is 4.08. The van der Waals surface area contributed by atoms with Crippen molar-refractivity contribution in [1.82, 2.24) is 0 Å². The molecule has 1 unspecified atom stereocenters. The van der Waals surface area contributed by atoms with Crippen molar-refractivity contribution in [2.75, 3.05) is 12.8 Å². The number of ether oxygens (including phenoxy) is 1. The van der Waals surface area contributed by atoms with E-state index in [1.54, 1.807) is 24.3 Å². The molecule has 16 heavy (non-hydrogen) atoms. The van der Waals surface area contributed by atoms with Gasteiger partial charge in [0.1, 0.15) is 0 Å². The number of rotatable bonds is 4. The number of aliphatic hydroxyl groups excluding tert-OH is 1. The van der Waals surface area contributed by atoms with Crippen molar-refractivity contribution in [3.8, 4) is 0 Å². The number of carbonyl (C=O) groups excluding carboxylic acids is 1. The van der Waals surface area contributed by atoms with E-state index in [0.717, 1.165) is 0 Å². The van der Waals surface area contributed by atoms with Crippen molar-refractivity contribution in [1.29, 1.82) is 0 Å². The number of nitrogens with two attached hydrogens (primary N) is 1. The summed E-state index contributed by atoms with van der Waals surface area (Å²) >= 11 is 0. The Bertz CT molecular complexity index is 401. The Labute approximate surface area is 94.3 Å². The highest BCUT2D eigenvalue weighted by atomic mass is 16.5. The maximum Gasteiger partial charge on any atom is 0.333 e. The van der Waals surface area contributed by atoms with Crippen molar-refractivity contribution in [2.45, 2.75) is 12.5 Å². The first kappa shape index (κ1) is 12.3. The van der Waals surface area contributed by atoms with Crippen molar-refractivity contribution in [3.63, 3.8) is 0 Å². The molecule has 1 rings (SSSR count).